The molecular weight excluding hydrogens is 144 g/mol. The van der Waals surface area contributed by atoms with Crippen molar-refractivity contribution in [3.8, 4) is 0 Å². The van der Waals surface area contributed by atoms with Crippen molar-refractivity contribution in [2.24, 2.45) is 0 Å². The van der Waals surface area contributed by atoms with Gasteiger partial charge < -0.3 is 10.2 Å². The summed E-state index contributed by atoms with van der Waals surface area (Å²) in [5.74, 6) is 2.29. The summed E-state index contributed by atoms with van der Waals surface area (Å²) in [6.07, 6.45) is 2.13. The zero-order valence-corrected chi connectivity index (χ0v) is 7.21. The fourth-order valence-corrected chi connectivity index (χ4v) is 1.43. The van der Waals surface area contributed by atoms with Crippen molar-refractivity contribution >= 4 is 11.8 Å². The lowest BCUT2D eigenvalue weighted by Crippen LogP contribution is -2.21. The topological polar surface area (TPSA) is 15.3 Å². The Balaban J connectivity index is 2.20. The van der Waals surface area contributed by atoms with Crippen LogP contribution in [0.25, 0.3) is 0 Å². The van der Waals surface area contributed by atoms with Crippen molar-refractivity contribution in [3.05, 3.63) is 12.4 Å². The second kappa shape index (κ2) is 3.76. The first-order valence-corrected chi connectivity index (χ1v) is 4.90. The van der Waals surface area contributed by atoms with E-state index >= 15 is 0 Å². The van der Waals surface area contributed by atoms with E-state index in [1.807, 2.05) is 11.8 Å². The first kappa shape index (κ1) is 7.79. The summed E-state index contributed by atoms with van der Waals surface area (Å²) in [4.78, 5) is 2.29. The van der Waals surface area contributed by atoms with Gasteiger partial charge in [-0.3, -0.25) is 0 Å². The van der Waals surface area contributed by atoms with Crippen molar-refractivity contribution in [3.63, 3.8) is 0 Å². The molecule has 2 nitrogen and oxygen atoms in total. The van der Waals surface area contributed by atoms with E-state index in [0.29, 0.717) is 0 Å². The highest BCUT2D eigenvalue weighted by Gasteiger charge is 2.11. The second-order valence-electron chi connectivity index (χ2n) is 2.35. The first-order chi connectivity index (χ1) is 4.84. The number of nitrogens with one attached hydrogen (secondary N) is 1. The molecule has 0 atom stereocenters. The number of hydrogen-bond acceptors (Lipinski definition) is 3. The van der Waals surface area contributed by atoms with E-state index in [-0.39, 0.29) is 0 Å². The largest absolute Gasteiger partial charge is 0.370 e. The predicted molar refractivity (Wildman–Crippen MR) is 47.1 cm³/mol. The molecule has 0 aromatic carbocycles. The van der Waals surface area contributed by atoms with Crippen LogP contribution in [0.15, 0.2) is 12.4 Å². The average molecular weight is 158 g/mol. The fourth-order valence-electron chi connectivity index (χ4n) is 1.03. The Kier molecular flexibility index (Phi) is 2.93. The lowest BCUT2D eigenvalue weighted by molar-refractivity contribution is 0.423. The van der Waals surface area contributed by atoms with Gasteiger partial charge in [0.1, 0.15) is 0 Å². The van der Waals surface area contributed by atoms with Crippen LogP contribution in [0.3, 0.4) is 0 Å². The normalized spacial score (nSPS) is 17.7. The lowest BCUT2D eigenvalue weighted by Gasteiger charge is -2.16. The van der Waals surface area contributed by atoms with Gasteiger partial charge in [0.2, 0.25) is 0 Å². The predicted octanol–water partition coefficient (Wildman–Crippen LogP) is 0.726. The van der Waals surface area contributed by atoms with Crippen molar-refractivity contribution in [1.29, 1.82) is 0 Å². The van der Waals surface area contributed by atoms with Crippen LogP contribution >= 0.6 is 11.8 Å². The highest BCUT2D eigenvalue weighted by atomic mass is 32.2. The van der Waals surface area contributed by atoms with Gasteiger partial charge in [0.05, 0.1) is 5.82 Å². The van der Waals surface area contributed by atoms with Crippen LogP contribution < -0.4 is 5.32 Å². The van der Waals surface area contributed by atoms with E-state index in [4.69, 9.17) is 0 Å². The number of nitrogens with zero attached hydrogens (tertiary/aromatic N) is 1. The number of thioether (sulfide) groups is 1. The van der Waals surface area contributed by atoms with Gasteiger partial charge >= 0.3 is 0 Å². The summed E-state index contributed by atoms with van der Waals surface area (Å²) in [5, 5.41) is 3.20. The van der Waals surface area contributed by atoms with Gasteiger partial charge in [-0.2, -0.15) is 11.8 Å². The minimum Gasteiger partial charge on any atom is -0.370 e. The molecule has 0 unspecified atom stereocenters. The SMILES string of the molecule is C=C1NCCN1CCSC. The minimum atomic E-state index is 1.06. The molecule has 0 amide bonds. The molecule has 1 fully saturated rings. The smallest absolute Gasteiger partial charge is 0.0940 e. The van der Waals surface area contributed by atoms with Crippen LogP contribution in [0.2, 0.25) is 0 Å². The van der Waals surface area contributed by atoms with Gasteiger partial charge in [-0.25, -0.2) is 0 Å². The van der Waals surface area contributed by atoms with E-state index in [9.17, 15) is 0 Å². The molecule has 1 aliphatic rings. The fraction of sp³-hybridized carbons (Fsp3) is 0.714. The molecule has 10 heavy (non-hydrogen) atoms. The molecule has 1 rings (SSSR count). The third kappa shape index (κ3) is 1.84. The summed E-state index contributed by atoms with van der Waals surface area (Å²) < 4.78 is 0. The highest BCUT2D eigenvalue weighted by molar-refractivity contribution is 7.98. The Morgan fingerprint density at radius 2 is 2.60 bits per heavy atom. The standard InChI is InChI=1S/C7H14N2S/c1-7-8-3-4-9(7)5-6-10-2/h8H,1,3-6H2,2H3. The quantitative estimate of drug-likeness (QED) is 0.652. The molecule has 0 aliphatic carbocycles. The first-order valence-electron chi connectivity index (χ1n) is 3.51. The van der Waals surface area contributed by atoms with Crippen molar-refractivity contribution in [2.75, 3.05) is 31.6 Å². The highest BCUT2D eigenvalue weighted by Crippen LogP contribution is 2.05. The van der Waals surface area contributed by atoms with Crippen molar-refractivity contribution in [2.45, 2.75) is 0 Å². The summed E-state index contributed by atoms with van der Waals surface area (Å²) in [6.45, 7) is 7.21. The maximum atomic E-state index is 3.89. The van der Waals surface area contributed by atoms with Gasteiger partial charge in [0.25, 0.3) is 0 Å². The molecular formula is C7H14N2S. The second-order valence-corrected chi connectivity index (χ2v) is 3.34. The van der Waals surface area contributed by atoms with E-state index in [2.05, 4.69) is 23.1 Å². The molecule has 0 aromatic rings. The van der Waals surface area contributed by atoms with Crippen LogP contribution in [0.5, 0.6) is 0 Å². The van der Waals surface area contributed by atoms with Gasteiger partial charge in [0, 0.05) is 25.4 Å². The molecule has 0 saturated carbocycles. The summed E-state index contributed by atoms with van der Waals surface area (Å²) >= 11 is 1.88. The third-order valence-corrected chi connectivity index (χ3v) is 2.25. The molecule has 58 valence electrons. The van der Waals surface area contributed by atoms with Crippen LogP contribution in [0.1, 0.15) is 0 Å². The van der Waals surface area contributed by atoms with Gasteiger partial charge in [0.15, 0.2) is 0 Å². The van der Waals surface area contributed by atoms with E-state index in [1.54, 1.807) is 0 Å². The Labute approximate surface area is 66.7 Å². The van der Waals surface area contributed by atoms with E-state index < -0.39 is 0 Å². The summed E-state index contributed by atoms with van der Waals surface area (Å²) in [7, 11) is 0. The van der Waals surface area contributed by atoms with E-state index in [0.717, 1.165) is 25.5 Å². The van der Waals surface area contributed by atoms with E-state index in [1.165, 1.54) is 5.75 Å². The summed E-state index contributed by atoms with van der Waals surface area (Å²) in [5.41, 5.74) is 0. The molecule has 0 spiro atoms. The van der Waals surface area contributed by atoms with Crippen LogP contribution in [0.4, 0.5) is 0 Å². The van der Waals surface area contributed by atoms with Gasteiger partial charge in [-0.05, 0) is 6.26 Å². The third-order valence-electron chi connectivity index (χ3n) is 1.66. The van der Waals surface area contributed by atoms with Gasteiger partial charge in [-0.15, -0.1) is 0 Å². The number of hydrogen-bond donors (Lipinski definition) is 1. The molecule has 1 saturated heterocycles. The Bertz CT molecular complexity index is 125. The monoisotopic (exact) mass is 158 g/mol. The van der Waals surface area contributed by atoms with Crippen LogP contribution in [0, 0.1) is 0 Å². The zero-order chi connectivity index (χ0) is 7.40. The molecule has 0 radical (unpaired) electrons. The maximum absolute atomic E-state index is 3.89. The molecule has 1 N–H and O–H groups in total. The molecule has 1 aliphatic heterocycles. The minimum absolute atomic E-state index is 1.06. The average Bonchev–Trinajstić information content (AvgIpc) is 2.31. The molecule has 0 aromatic heterocycles. The molecule has 0 bridgehead atoms. The van der Waals surface area contributed by atoms with Gasteiger partial charge in [-0.1, -0.05) is 6.58 Å². The Morgan fingerprint density at radius 1 is 1.80 bits per heavy atom. The Hall–Kier alpha value is -0.310. The lowest BCUT2D eigenvalue weighted by atomic mass is 10.5. The van der Waals surface area contributed by atoms with Crippen LogP contribution in [-0.2, 0) is 0 Å². The molecule has 3 heteroatoms. The number of rotatable bonds is 3. The Morgan fingerprint density at radius 3 is 3.10 bits per heavy atom. The van der Waals surface area contributed by atoms with Crippen molar-refractivity contribution in [1.82, 2.24) is 10.2 Å². The maximum Gasteiger partial charge on any atom is 0.0940 e. The summed E-state index contributed by atoms with van der Waals surface area (Å²) in [6, 6.07) is 0. The van der Waals surface area contributed by atoms with Crippen molar-refractivity contribution < 1.29 is 0 Å². The van der Waals surface area contributed by atoms with Crippen LogP contribution in [-0.4, -0.2) is 36.5 Å². The molecule has 1 heterocycles. The zero-order valence-electron chi connectivity index (χ0n) is 6.39.